The predicted octanol–water partition coefficient (Wildman–Crippen LogP) is 3.16. The second-order valence-electron chi connectivity index (χ2n) is 6.96. The average molecular weight is 487 g/mol. The van der Waals surface area contributed by atoms with E-state index in [0.29, 0.717) is 29.1 Å². The summed E-state index contributed by atoms with van der Waals surface area (Å²) in [5.41, 5.74) is 2.26. The highest BCUT2D eigenvalue weighted by Gasteiger charge is 2.17. The number of anilines is 2. The van der Waals surface area contributed by atoms with Crippen molar-refractivity contribution in [2.75, 3.05) is 24.2 Å². The Kier molecular flexibility index (Phi) is 6.16. The molecule has 2 aromatic carbocycles. The van der Waals surface area contributed by atoms with Crippen LogP contribution in [0.25, 0.3) is 11.2 Å². The first-order valence-electron chi connectivity index (χ1n) is 9.67. The van der Waals surface area contributed by atoms with Gasteiger partial charge in [0.2, 0.25) is 5.28 Å². The van der Waals surface area contributed by atoms with Gasteiger partial charge in [-0.25, -0.2) is 18.2 Å². The second-order valence-corrected chi connectivity index (χ2v) is 8.98. The van der Waals surface area contributed by atoms with Crippen molar-refractivity contribution in [3.63, 3.8) is 0 Å². The van der Waals surface area contributed by atoms with Crippen LogP contribution in [0.2, 0.25) is 5.28 Å². The number of nitrogens with zero attached hydrogens (tertiary/aromatic N) is 4. The number of benzene rings is 2. The second kappa shape index (κ2) is 9.04. The number of carbonyl (C=O) groups is 1. The molecule has 170 valence electrons. The highest BCUT2D eigenvalue weighted by atomic mass is 35.5. The van der Waals surface area contributed by atoms with E-state index in [0.717, 1.165) is 0 Å². The lowest BCUT2D eigenvalue weighted by Gasteiger charge is -2.11. The summed E-state index contributed by atoms with van der Waals surface area (Å²) in [5.74, 6) is -0.0607. The van der Waals surface area contributed by atoms with Gasteiger partial charge in [0.25, 0.3) is 10.0 Å². The Hall–Kier alpha value is -3.70. The maximum atomic E-state index is 13.0. The number of imidazole rings is 1. The zero-order valence-electron chi connectivity index (χ0n) is 17.6. The van der Waals surface area contributed by atoms with E-state index in [1.54, 1.807) is 48.3 Å². The fraction of sp³-hybridized carbons (Fsp3) is 0.143. The standard InChI is InChI=1S/C21H19ClN6O4S/c1-23-18-17-19(26-21(22)25-18)28(12-24-17)11-13-5-3-8-16(9-13)33(30,31)27-15-7-4-6-14(10-15)20(29)32-2/h3-10,12,27H,11H2,1-2H3,(H,23,25,26). The first kappa shape index (κ1) is 22.5. The Labute approximate surface area is 194 Å². The summed E-state index contributed by atoms with van der Waals surface area (Å²) in [6.07, 6.45) is 1.59. The van der Waals surface area contributed by atoms with Crippen molar-refractivity contribution in [3.8, 4) is 0 Å². The molecule has 2 N–H and O–H groups in total. The number of rotatable bonds is 7. The van der Waals surface area contributed by atoms with E-state index >= 15 is 0 Å². The summed E-state index contributed by atoms with van der Waals surface area (Å²) in [4.78, 5) is 24.5. The molecular weight excluding hydrogens is 468 g/mol. The van der Waals surface area contributed by atoms with Crippen LogP contribution >= 0.6 is 11.6 Å². The first-order chi connectivity index (χ1) is 15.8. The number of fused-ring (bicyclic) bond motifs is 1. The van der Waals surface area contributed by atoms with Gasteiger partial charge in [0.05, 0.1) is 30.4 Å². The molecule has 33 heavy (non-hydrogen) atoms. The van der Waals surface area contributed by atoms with Gasteiger partial charge < -0.3 is 14.6 Å². The van der Waals surface area contributed by atoms with Crippen LogP contribution in [0.4, 0.5) is 11.5 Å². The van der Waals surface area contributed by atoms with Crippen molar-refractivity contribution >= 4 is 50.3 Å². The summed E-state index contributed by atoms with van der Waals surface area (Å²) in [7, 11) is -0.942. The molecule has 0 unspecified atom stereocenters. The average Bonchev–Trinajstić information content (AvgIpc) is 3.20. The molecule has 0 radical (unpaired) electrons. The molecule has 0 aliphatic rings. The van der Waals surface area contributed by atoms with Gasteiger partial charge in [0, 0.05) is 12.7 Å². The smallest absolute Gasteiger partial charge is 0.337 e. The zero-order valence-corrected chi connectivity index (χ0v) is 19.2. The highest BCUT2D eigenvalue weighted by Crippen LogP contribution is 2.23. The molecular formula is C21H19ClN6O4S. The molecule has 0 spiro atoms. The van der Waals surface area contributed by atoms with E-state index in [4.69, 9.17) is 11.6 Å². The van der Waals surface area contributed by atoms with Crippen molar-refractivity contribution in [3.05, 3.63) is 71.3 Å². The van der Waals surface area contributed by atoms with Gasteiger partial charge in [0.1, 0.15) is 0 Å². The van der Waals surface area contributed by atoms with Gasteiger partial charge >= 0.3 is 5.97 Å². The number of hydrogen-bond acceptors (Lipinski definition) is 8. The van der Waals surface area contributed by atoms with Crippen molar-refractivity contribution in [2.45, 2.75) is 11.4 Å². The summed E-state index contributed by atoms with van der Waals surface area (Å²) in [6, 6.07) is 12.5. The van der Waals surface area contributed by atoms with E-state index in [9.17, 15) is 13.2 Å². The molecule has 4 rings (SSSR count). The number of sulfonamides is 1. The van der Waals surface area contributed by atoms with Crippen molar-refractivity contribution < 1.29 is 17.9 Å². The fourth-order valence-electron chi connectivity index (χ4n) is 3.26. The molecule has 4 aromatic rings. The molecule has 0 bridgehead atoms. The van der Waals surface area contributed by atoms with Crippen molar-refractivity contribution in [1.29, 1.82) is 0 Å². The fourth-order valence-corrected chi connectivity index (χ4v) is 4.54. The van der Waals surface area contributed by atoms with E-state index in [1.165, 1.54) is 25.3 Å². The lowest BCUT2D eigenvalue weighted by molar-refractivity contribution is 0.0600. The SMILES string of the molecule is CNc1nc(Cl)nc2c1ncn2Cc1cccc(S(=O)(=O)Nc2cccc(C(=O)OC)c2)c1. The first-order valence-corrected chi connectivity index (χ1v) is 11.5. The summed E-state index contributed by atoms with van der Waals surface area (Å²) < 4.78 is 34.8. The Balaban J connectivity index is 1.61. The Morgan fingerprint density at radius 3 is 2.70 bits per heavy atom. The minimum Gasteiger partial charge on any atom is -0.465 e. The molecule has 0 aliphatic carbocycles. The van der Waals surface area contributed by atoms with Crippen LogP contribution in [0, 0.1) is 0 Å². The molecule has 0 saturated carbocycles. The van der Waals surface area contributed by atoms with Gasteiger partial charge in [-0.15, -0.1) is 0 Å². The minimum absolute atomic E-state index is 0.0662. The number of nitrogens with one attached hydrogen (secondary N) is 2. The number of methoxy groups -OCH3 is 1. The molecule has 0 amide bonds. The zero-order chi connectivity index (χ0) is 23.6. The van der Waals surface area contributed by atoms with Gasteiger partial charge in [0.15, 0.2) is 17.0 Å². The maximum Gasteiger partial charge on any atom is 0.337 e. The Morgan fingerprint density at radius 2 is 1.94 bits per heavy atom. The molecule has 12 heteroatoms. The molecule has 0 atom stereocenters. The third-order valence-electron chi connectivity index (χ3n) is 4.77. The van der Waals surface area contributed by atoms with Crippen LogP contribution in [0.3, 0.4) is 0 Å². The lowest BCUT2D eigenvalue weighted by Crippen LogP contribution is -2.14. The van der Waals surface area contributed by atoms with Gasteiger partial charge in [-0.05, 0) is 47.5 Å². The quantitative estimate of drug-likeness (QED) is 0.301. The monoisotopic (exact) mass is 486 g/mol. The third kappa shape index (κ3) is 4.73. The van der Waals surface area contributed by atoms with E-state index in [2.05, 4.69) is 29.7 Å². The lowest BCUT2D eigenvalue weighted by atomic mass is 10.2. The van der Waals surface area contributed by atoms with Crippen LogP contribution in [-0.4, -0.2) is 48.1 Å². The normalized spacial score (nSPS) is 11.4. The Bertz CT molecular complexity index is 1450. The van der Waals surface area contributed by atoms with E-state index in [1.807, 2.05) is 0 Å². The topological polar surface area (TPSA) is 128 Å². The van der Waals surface area contributed by atoms with Crippen LogP contribution in [0.15, 0.2) is 59.8 Å². The van der Waals surface area contributed by atoms with E-state index < -0.39 is 16.0 Å². The largest absolute Gasteiger partial charge is 0.465 e. The van der Waals surface area contributed by atoms with E-state index in [-0.39, 0.29) is 21.4 Å². The van der Waals surface area contributed by atoms with Gasteiger partial charge in [-0.1, -0.05) is 18.2 Å². The number of esters is 1. The molecule has 10 nitrogen and oxygen atoms in total. The minimum atomic E-state index is -3.91. The number of aromatic nitrogens is 4. The van der Waals surface area contributed by atoms with Gasteiger partial charge in [-0.3, -0.25) is 4.72 Å². The molecule has 0 fully saturated rings. The third-order valence-corrected chi connectivity index (χ3v) is 6.32. The number of ether oxygens (including phenoxy) is 1. The molecule has 2 aromatic heterocycles. The predicted molar refractivity (Wildman–Crippen MR) is 124 cm³/mol. The van der Waals surface area contributed by atoms with Gasteiger partial charge in [-0.2, -0.15) is 9.97 Å². The number of carbonyl (C=O) groups excluding carboxylic acids is 1. The number of hydrogen-bond donors (Lipinski definition) is 2. The molecule has 0 saturated heterocycles. The summed E-state index contributed by atoms with van der Waals surface area (Å²) >= 11 is 6.02. The van der Waals surface area contributed by atoms with Crippen LogP contribution < -0.4 is 10.0 Å². The Morgan fingerprint density at radius 1 is 1.15 bits per heavy atom. The maximum absolute atomic E-state index is 13.0. The number of halogens is 1. The molecule has 2 heterocycles. The highest BCUT2D eigenvalue weighted by molar-refractivity contribution is 7.92. The van der Waals surface area contributed by atoms with Crippen LogP contribution in [0.1, 0.15) is 15.9 Å². The molecule has 0 aliphatic heterocycles. The summed E-state index contributed by atoms with van der Waals surface area (Å²) in [6.45, 7) is 0.314. The van der Waals surface area contributed by atoms with Crippen molar-refractivity contribution in [1.82, 2.24) is 19.5 Å². The van der Waals surface area contributed by atoms with Crippen LogP contribution in [0.5, 0.6) is 0 Å². The summed E-state index contributed by atoms with van der Waals surface area (Å²) in [5, 5.41) is 3.00. The van der Waals surface area contributed by atoms with Crippen molar-refractivity contribution in [2.24, 2.45) is 0 Å². The van der Waals surface area contributed by atoms with Crippen LogP contribution in [-0.2, 0) is 21.3 Å².